The Morgan fingerprint density at radius 1 is 1.08 bits per heavy atom. The number of aromatic nitrogens is 1. The summed E-state index contributed by atoms with van der Waals surface area (Å²) in [4.78, 5) is 16.4. The van der Waals surface area contributed by atoms with Crippen molar-refractivity contribution in [2.45, 2.75) is 4.90 Å². The van der Waals surface area contributed by atoms with Crippen LogP contribution in [0.5, 0.6) is 0 Å². The van der Waals surface area contributed by atoms with E-state index in [1.807, 2.05) is 0 Å². The molecule has 3 rings (SSSR count). The minimum absolute atomic E-state index is 0.0167. The lowest BCUT2D eigenvalue weighted by Crippen LogP contribution is -2.49. The molecule has 1 aromatic heterocycles. The lowest BCUT2D eigenvalue weighted by molar-refractivity contribution is -0.384. The molecule has 0 saturated carbocycles. The monoisotopic (exact) mass is 416 g/mol. The Balaban J connectivity index is 1.81. The fourth-order valence-electron chi connectivity index (χ4n) is 2.74. The van der Waals surface area contributed by atoms with E-state index < -0.39 is 14.9 Å². The Hall–Kier alpha value is -1.94. The van der Waals surface area contributed by atoms with Crippen LogP contribution in [0.15, 0.2) is 41.4 Å². The molecule has 138 valence electrons. The van der Waals surface area contributed by atoms with Crippen LogP contribution in [0.1, 0.15) is 0 Å². The molecule has 1 aromatic carbocycles. The number of hydrogen-bond acceptors (Lipinski definition) is 6. The molecule has 1 fully saturated rings. The van der Waals surface area contributed by atoms with Crippen molar-refractivity contribution in [3.63, 3.8) is 0 Å². The Kier molecular flexibility index (Phi) is 5.33. The molecule has 1 aliphatic heterocycles. The van der Waals surface area contributed by atoms with Crippen LogP contribution in [0.3, 0.4) is 0 Å². The van der Waals surface area contributed by atoms with Crippen molar-refractivity contribution in [3.05, 3.63) is 56.7 Å². The molecule has 26 heavy (non-hydrogen) atoms. The van der Waals surface area contributed by atoms with Gasteiger partial charge in [-0.25, -0.2) is 13.4 Å². The molecule has 2 heterocycles. The first-order chi connectivity index (χ1) is 12.3. The van der Waals surface area contributed by atoms with Gasteiger partial charge < -0.3 is 4.90 Å². The van der Waals surface area contributed by atoms with Crippen molar-refractivity contribution in [1.29, 1.82) is 0 Å². The highest BCUT2D eigenvalue weighted by Crippen LogP contribution is 2.32. The Morgan fingerprint density at radius 3 is 2.42 bits per heavy atom. The van der Waals surface area contributed by atoms with Crippen LogP contribution >= 0.6 is 23.2 Å². The average molecular weight is 417 g/mol. The van der Waals surface area contributed by atoms with Crippen LogP contribution in [-0.4, -0.2) is 48.8 Å². The summed E-state index contributed by atoms with van der Waals surface area (Å²) in [6.07, 6.45) is 1.47. The highest BCUT2D eigenvalue weighted by molar-refractivity contribution is 7.89. The van der Waals surface area contributed by atoms with Gasteiger partial charge in [-0.2, -0.15) is 4.31 Å². The van der Waals surface area contributed by atoms with Crippen LogP contribution in [-0.2, 0) is 10.0 Å². The summed E-state index contributed by atoms with van der Waals surface area (Å²) in [6, 6.07) is 7.30. The minimum Gasteiger partial charge on any atom is -0.348 e. The summed E-state index contributed by atoms with van der Waals surface area (Å²) < 4.78 is 26.9. The normalized spacial score (nSPS) is 15.8. The number of hydrogen-bond donors (Lipinski definition) is 0. The third-order valence-electron chi connectivity index (χ3n) is 4.03. The van der Waals surface area contributed by atoms with Gasteiger partial charge in [0.25, 0.3) is 0 Å². The van der Waals surface area contributed by atoms with Crippen LogP contribution in [0, 0.1) is 10.1 Å². The number of rotatable bonds is 4. The fraction of sp³-hybridized carbons (Fsp3) is 0.267. The molecule has 0 radical (unpaired) electrons. The molecule has 11 heteroatoms. The summed E-state index contributed by atoms with van der Waals surface area (Å²) in [6.45, 7) is 0.850. The van der Waals surface area contributed by atoms with Gasteiger partial charge in [0.15, 0.2) is 0 Å². The van der Waals surface area contributed by atoms with Crippen molar-refractivity contribution in [2.75, 3.05) is 31.1 Å². The predicted molar refractivity (Wildman–Crippen MR) is 98.3 cm³/mol. The Morgan fingerprint density at radius 2 is 1.77 bits per heavy atom. The van der Waals surface area contributed by atoms with E-state index in [0.29, 0.717) is 0 Å². The topological polar surface area (TPSA) is 96.7 Å². The number of halogens is 2. The minimum atomic E-state index is -3.81. The van der Waals surface area contributed by atoms with Gasteiger partial charge in [-0.15, -0.1) is 0 Å². The summed E-state index contributed by atoms with van der Waals surface area (Å²) >= 11 is 12.0. The second-order valence-corrected chi connectivity index (χ2v) is 8.24. The smallest absolute Gasteiger partial charge is 0.311 e. The summed E-state index contributed by atoms with van der Waals surface area (Å²) in [5.41, 5.74) is -0.110. The van der Waals surface area contributed by atoms with Gasteiger partial charge in [0, 0.05) is 38.4 Å². The molecule has 1 aliphatic rings. The second kappa shape index (κ2) is 7.36. The maximum absolute atomic E-state index is 12.8. The average Bonchev–Trinajstić information content (AvgIpc) is 2.64. The standard InChI is InChI=1S/C15H14Cl2N4O4S/c16-11-3-1-5-13(14(11)17)26(24,25)20-9-7-19(8-10-20)15-12(21(22)23)4-2-6-18-15/h1-6H,7-10H2. The fourth-order valence-corrected chi connectivity index (χ4v) is 4.90. The van der Waals surface area contributed by atoms with Crippen LogP contribution in [0.25, 0.3) is 0 Å². The van der Waals surface area contributed by atoms with Crippen LogP contribution < -0.4 is 4.90 Å². The van der Waals surface area contributed by atoms with Crippen molar-refractivity contribution >= 4 is 44.7 Å². The molecule has 0 spiro atoms. The quantitative estimate of drug-likeness (QED) is 0.561. The Labute approximate surface area is 160 Å². The molecule has 1 saturated heterocycles. The first-order valence-corrected chi connectivity index (χ1v) is 9.80. The number of pyridine rings is 1. The van der Waals surface area contributed by atoms with Crippen molar-refractivity contribution in [2.24, 2.45) is 0 Å². The van der Waals surface area contributed by atoms with E-state index in [1.165, 1.54) is 40.8 Å². The molecule has 8 nitrogen and oxygen atoms in total. The van der Waals surface area contributed by atoms with E-state index in [9.17, 15) is 18.5 Å². The summed E-state index contributed by atoms with van der Waals surface area (Å²) in [7, 11) is -3.81. The second-order valence-electron chi connectivity index (χ2n) is 5.55. The van der Waals surface area contributed by atoms with Gasteiger partial charge in [-0.3, -0.25) is 10.1 Å². The highest BCUT2D eigenvalue weighted by Gasteiger charge is 2.32. The van der Waals surface area contributed by atoms with Gasteiger partial charge in [-0.05, 0) is 18.2 Å². The van der Waals surface area contributed by atoms with Gasteiger partial charge in [0.2, 0.25) is 15.8 Å². The van der Waals surface area contributed by atoms with E-state index in [4.69, 9.17) is 23.2 Å². The van der Waals surface area contributed by atoms with E-state index in [0.717, 1.165) is 0 Å². The van der Waals surface area contributed by atoms with Crippen molar-refractivity contribution in [1.82, 2.24) is 9.29 Å². The summed E-state index contributed by atoms with van der Waals surface area (Å²) in [5.74, 6) is 0.232. The molecule has 0 atom stereocenters. The molecule has 2 aromatic rings. The zero-order valence-electron chi connectivity index (χ0n) is 13.4. The first-order valence-electron chi connectivity index (χ1n) is 7.61. The van der Waals surface area contributed by atoms with Crippen molar-refractivity contribution in [3.8, 4) is 0 Å². The SMILES string of the molecule is O=[N+]([O-])c1cccnc1N1CCN(S(=O)(=O)c2cccc(Cl)c2Cl)CC1. The number of anilines is 1. The van der Waals surface area contributed by atoms with E-state index in [2.05, 4.69) is 4.98 Å². The van der Waals surface area contributed by atoms with Gasteiger partial charge in [-0.1, -0.05) is 29.3 Å². The van der Waals surface area contributed by atoms with Gasteiger partial charge in [0.1, 0.15) is 4.90 Å². The maximum Gasteiger partial charge on any atom is 0.311 e. The third-order valence-corrected chi connectivity index (χ3v) is 6.91. The van der Waals surface area contributed by atoms with Crippen LogP contribution in [0.4, 0.5) is 11.5 Å². The molecule has 0 N–H and O–H groups in total. The molecular weight excluding hydrogens is 403 g/mol. The predicted octanol–water partition coefficient (Wildman–Crippen LogP) is 2.81. The number of benzene rings is 1. The number of nitro groups is 1. The molecule has 0 bridgehead atoms. The number of sulfonamides is 1. The third kappa shape index (κ3) is 3.48. The highest BCUT2D eigenvalue weighted by atomic mass is 35.5. The molecule has 0 unspecified atom stereocenters. The van der Waals surface area contributed by atoms with E-state index >= 15 is 0 Å². The number of nitrogens with zero attached hydrogens (tertiary/aromatic N) is 4. The summed E-state index contributed by atoms with van der Waals surface area (Å²) in [5, 5.41) is 11.3. The number of piperazine rings is 1. The van der Waals surface area contributed by atoms with Crippen molar-refractivity contribution < 1.29 is 13.3 Å². The van der Waals surface area contributed by atoms with Gasteiger partial charge >= 0.3 is 5.69 Å². The maximum atomic E-state index is 12.8. The Bertz CT molecular complexity index is 946. The van der Waals surface area contributed by atoms with E-state index in [-0.39, 0.29) is 52.6 Å². The lowest BCUT2D eigenvalue weighted by Gasteiger charge is -2.34. The van der Waals surface area contributed by atoms with Crippen LogP contribution in [0.2, 0.25) is 10.0 Å². The van der Waals surface area contributed by atoms with E-state index in [1.54, 1.807) is 4.90 Å². The molecule has 0 amide bonds. The zero-order valence-corrected chi connectivity index (χ0v) is 15.7. The lowest BCUT2D eigenvalue weighted by atomic mass is 10.3. The molecular formula is C15H14Cl2N4O4S. The van der Waals surface area contributed by atoms with Gasteiger partial charge in [0.05, 0.1) is 15.0 Å². The largest absolute Gasteiger partial charge is 0.348 e. The zero-order chi connectivity index (χ0) is 18.9. The molecule has 0 aliphatic carbocycles. The first kappa shape index (κ1) is 18.8.